The van der Waals surface area contributed by atoms with Crippen LogP contribution < -0.4 is 10.5 Å². The molecule has 0 radical (unpaired) electrons. The minimum Gasteiger partial charge on any atom is -0.480 e. The lowest BCUT2D eigenvalue weighted by Gasteiger charge is -2.12. The van der Waals surface area contributed by atoms with Crippen molar-refractivity contribution in [1.82, 2.24) is 4.72 Å². The standard InChI is InChI=1S/C7H14N2O7S2/c1-17(13,14)2-3-18(15,16)9-5(7(11)12)4-6(8)10/h5,9H,2-4H2,1H3,(H2,8,10)(H,11,12)/t5-/m1/s1. The van der Waals surface area contributed by atoms with Crippen molar-refractivity contribution in [2.75, 3.05) is 17.8 Å². The van der Waals surface area contributed by atoms with Gasteiger partial charge in [-0.05, 0) is 0 Å². The molecule has 4 N–H and O–H groups in total. The summed E-state index contributed by atoms with van der Waals surface area (Å²) in [7, 11) is -7.62. The number of amides is 1. The van der Waals surface area contributed by atoms with Crippen molar-refractivity contribution in [3.8, 4) is 0 Å². The maximum absolute atomic E-state index is 11.4. The highest BCUT2D eigenvalue weighted by atomic mass is 32.2. The molecule has 0 aliphatic rings. The van der Waals surface area contributed by atoms with E-state index in [-0.39, 0.29) is 0 Å². The molecule has 106 valence electrons. The normalized spacial score (nSPS) is 14.1. The van der Waals surface area contributed by atoms with Crippen molar-refractivity contribution < 1.29 is 31.5 Å². The zero-order chi connectivity index (χ0) is 14.6. The highest BCUT2D eigenvalue weighted by Gasteiger charge is 2.26. The average Bonchev–Trinajstić information content (AvgIpc) is 2.11. The molecule has 0 aliphatic heterocycles. The molecule has 9 nitrogen and oxygen atoms in total. The van der Waals surface area contributed by atoms with Crippen LogP contribution in [0.5, 0.6) is 0 Å². The number of nitrogens with two attached hydrogens (primary N) is 1. The predicted octanol–water partition coefficient (Wildman–Crippen LogP) is -2.72. The molecule has 0 fully saturated rings. The van der Waals surface area contributed by atoms with E-state index in [4.69, 9.17) is 10.8 Å². The van der Waals surface area contributed by atoms with Gasteiger partial charge in [0.05, 0.1) is 17.9 Å². The van der Waals surface area contributed by atoms with Crippen LogP contribution in [0.2, 0.25) is 0 Å². The lowest BCUT2D eigenvalue weighted by molar-refractivity contribution is -0.140. The van der Waals surface area contributed by atoms with Gasteiger partial charge >= 0.3 is 5.97 Å². The molecule has 1 atom stereocenters. The summed E-state index contributed by atoms with van der Waals surface area (Å²) in [5.74, 6) is -4.00. The van der Waals surface area contributed by atoms with Crippen molar-refractivity contribution in [3.05, 3.63) is 0 Å². The molecule has 0 spiro atoms. The minimum atomic E-state index is -4.12. The SMILES string of the molecule is CS(=O)(=O)CCS(=O)(=O)N[C@H](CC(N)=O)C(=O)O. The van der Waals surface area contributed by atoms with Crippen molar-refractivity contribution in [2.45, 2.75) is 12.5 Å². The Morgan fingerprint density at radius 3 is 2.06 bits per heavy atom. The lowest BCUT2D eigenvalue weighted by Crippen LogP contribution is -2.44. The van der Waals surface area contributed by atoms with Gasteiger partial charge in [0, 0.05) is 6.26 Å². The zero-order valence-electron chi connectivity index (χ0n) is 9.49. The third kappa shape index (κ3) is 7.97. The smallest absolute Gasteiger partial charge is 0.322 e. The van der Waals surface area contributed by atoms with E-state index in [1.54, 1.807) is 4.72 Å². The van der Waals surface area contributed by atoms with Gasteiger partial charge in [-0.15, -0.1) is 0 Å². The first-order valence-electron chi connectivity index (χ1n) is 4.62. The molecule has 18 heavy (non-hydrogen) atoms. The Labute approximate surface area is 104 Å². The molecule has 0 aromatic carbocycles. The van der Waals surface area contributed by atoms with Gasteiger partial charge in [-0.2, -0.15) is 0 Å². The summed E-state index contributed by atoms with van der Waals surface area (Å²) >= 11 is 0. The van der Waals surface area contributed by atoms with Crippen LogP contribution in [0.25, 0.3) is 0 Å². The van der Waals surface area contributed by atoms with Crippen LogP contribution in [-0.2, 0) is 29.4 Å². The fourth-order valence-electron chi connectivity index (χ4n) is 0.917. The van der Waals surface area contributed by atoms with E-state index in [9.17, 15) is 26.4 Å². The Morgan fingerprint density at radius 1 is 1.22 bits per heavy atom. The van der Waals surface area contributed by atoms with Gasteiger partial charge in [0.15, 0.2) is 0 Å². The van der Waals surface area contributed by atoms with Crippen LogP contribution in [-0.4, -0.2) is 57.6 Å². The Bertz CT molecular complexity index is 522. The number of carboxylic acid groups (broad SMARTS) is 1. The van der Waals surface area contributed by atoms with Crippen LogP contribution in [0.3, 0.4) is 0 Å². The van der Waals surface area contributed by atoms with Gasteiger partial charge in [0.2, 0.25) is 15.9 Å². The Morgan fingerprint density at radius 2 is 1.72 bits per heavy atom. The first-order chi connectivity index (χ1) is 7.93. The molecular weight excluding hydrogens is 288 g/mol. The highest BCUT2D eigenvalue weighted by Crippen LogP contribution is 1.97. The molecule has 0 unspecified atom stereocenters. The zero-order valence-corrected chi connectivity index (χ0v) is 11.1. The number of rotatable bonds is 8. The monoisotopic (exact) mass is 302 g/mol. The quantitative estimate of drug-likeness (QED) is 0.439. The van der Waals surface area contributed by atoms with E-state index >= 15 is 0 Å². The molecule has 1 amide bonds. The van der Waals surface area contributed by atoms with Crippen LogP contribution >= 0.6 is 0 Å². The molecule has 0 aliphatic carbocycles. The summed E-state index contributed by atoms with van der Waals surface area (Å²) in [6.45, 7) is 0. The second kappa shape index (κ2) is 6.11. The molecule has 0 aromatic heterocycles. The van der Waals surface area contributed by atoms with Crippen molar-refractivity contribution in [2.24, 2.45) is 5.73 Å². The summed E-state index contributed by atoms with van der Waals surface area (Å²) in [4.78, 5) is 21.2. The fraction of sp³-hybridized carbons (Fsp3) is 0.714. The van der Waals surface area contributed by atoms with Gasteiger partial charge in [0.25, 0.3) is 0 Å². The fourth-order valence-corrected chi connectivity index (χ4v) is 3.74. The first kappa shape index (κ1) is 16.8. The molecule has 0 rings (SSSR count). The molecule has 0 aromatic rings. The number of carbonyl (C=O) groups excluding carboxylic acids is 1. The van der Waals surface area contributed by atoms with Crippen molar-refractivity contribution in [3.63, 3.8) is 0 Å². The minimum absolute atomic E-state index is 0.648. The molecule has 0 saturated heterocycles. The maximum Gasteiger partial charge on any atom is 0.322 e. The van der Waals surface area contributed by atoms with Crippen LogP contribution in [0.15, 0.2) is 0 Å². The topological polar surface area (TPSA) is 161 Å². The summed E-state index contributed by atoms with van der Waals surface area (Å²) in [6.07, 6.45) is 0.133. The average molecular weight is 302 g/mol. The number of primary amides is 1. The molecule has 11 heteroatoms. The van der Waals surface area contributed by atoms with Gasteiger partial charge < -0.3 is 10.8 Å². The van der Waals surface area contributed by atoms with Gasteiger partial charge in [-0.25, -0.2) is 21.6 Å². The van der Waals surface area contributed by atoms with Crippen LogP contribution in [0.1, 0.15) is 6.42 Å². The first-order valence-corrected chi connectivity index (χ1v) is 8.33. The molecule has 0 heterocycles. The number of aliphatic carboxylic acids is 1. The van der Waals surface area contributed by atoms with Crippen molar-refractivity contribution in [1.29, 1.82) is 0 Å². The lowest BCUT2D eigenvalue weighted by atomic mass is 10.2. The second-order valence-electron chi connectivity index (χ2n) is 3.63. The molecular formula is C7H14N2O7S2. The van der Waals surface area contributed by atoms with Crippen LogP contribution in [0, 0.1) is 0 Å². The third-order valence-electron chi connectivity index (χ3n) is 1.75. The summed E-state index contributed by atoms with van der Waals surface area (Å²) in [6, 6.07) is -1.70. The number of sulfone groups is 1. The van der Waals surface area contributed by atoms with E-state index in [2.05, 4.69) is 0 Å². The summed E-state index contributed by atoms with van der Waals surface area (Å²) in [5.41, 5.74) is 4.76. The number of carboxylic acids is 1. The van der Waals surface area contributed by atoms with Gasteiger partial charge in [-0.3, -0.25) is 9.59 Å². The highest BCUT2D eigenvalue weighted by molar-refractivity contribution is 7.93. The largest absolute Gasteiger partial charge is 0.480 e. The third-order valence-corrected chi connectivity index (χ3v) is 4.34. The van der Waals surface area contributed by atoms with Gasteiger partial charge in [0.1, 0.15) is 15.9 Å². The Hall–Kier alpha value is -1.20. The van der Waals surface area contributed by atoms with Gasteiger partial charge in [-0.1, -0.05) is 0 Å². The number of hydrogen-bond donors (Lipinski definition) is 3. The number of hydrogen-bond acceptors (Lipinski definition) is 6. The summed E-state index contributed by atoms with van der Waals surface area (Å²) < 4.78 is 46.1. The Balaban J connectivity index is 4.72. The second-order valence-corrected chi connectivity index (χ2v) is 7.76. The van der Waals surface area contributed by atoms with E-state index in [0.717, 1.165) is 6.26 Å². The van der Waals surface area contributed by atoms with E-state index < -0.39 is 55.7 Å². The molecule has 0 saturated carbocycles. The predicted molar refractivity (Wildman–Crippen MR) is 61.9 cm³/mol. The van der Waals surface area contributed by atoms with E-state index in [1.807, 2.05) is 0 Å². The van der Waals surface area contributed by atoms with E-state index in [1.165, 1.54) is 0 Å². The van der Waals surface area contributed by atoms with Crippen molar-refractivity contribution >= 4 is 31.7 Å². The summed E-state index contributed by atoms with van der Waals surface area (Å²) in [5, 5.41) is 8.66. The van der Waals surface area contributed by atoms with Crippen LogP contribution in [0.4, 0.5) is 0 Å². The number of sulfonamides is 1. The number of nitrogens with one attached hydrogen (secondary N) is 1. The maximum atomic E-state index is 11.4. The molecule has 0 bridgehead atoms. The number of carbonyl (C=O) groups is 2. The van der Waals surface area contributed by atoms with E-state index in [0.29, 0.717) is 0 Å². The Kier molecular flexibility index (Phi) is 5.70.